The van der Waals surface area contributed by atoms with Gasteiger partial charge in [-0.15, -0.1) is 0 Å². The number of rotatable bonds is 8. The third-order valence-corrected chi connectivity index (χ3v) is 6.93. The van der Waals surface area contributed by atoms with Gasteiger partial charge in [0.05, 0.1) is 17.4 Å². The first-order chi connectivity index (χ1) is 15.7. The third-order valence-electron chi connectivity index (χ3n) is 6.93. The molecule has 2 aromatic carbocycles. The van der Waals surface area contributed by atoms with E-state index in [4.69, 9.17) is 9.84 Å². The Kier molecular flexibility index (Phi) is 6.78. The van der Waals surface area contributed by atoms with Crippen LogP contribution in [-0.4, -0.2) is 40.8 Å². The fourth-order valence-corrected chi connectivity index (χ4v) is 4.22. The highest BCUT2D eigenvalue weighted by molar-refractivity contribution is 5.85. The summed E-state index contributed by atoms with van der Waals surface area (Å²) in [6, 6.07) is 16.2. The first-order valence-corrected chi connectivity index (χ1v) is 11.4. The van der Waals surface area contributed by atoms with Crippen molar-refractivity contribution in [1.29, 1.82) is 0 Å². The molecule has 7 heteroatoms. The molecule has 2 amide bonds. The summed E-state index contributed by atoms with van der Waals surface area (Å²) in [5.41, 5.74) is 1.59. The number of hydrogen-bond acceptors (Lipinski definition) is 4. The standard InChI is InChI=1S/C27H34N2O5/c1-25(2,15-22(30)31)28-23(32)26(3,4)27(5,6)29-24(33)34-16-21-19-13-9-7-11-17(19)18-12-8-10-14-20(18)21/h7-14,21H,15-16H2,1-6H3,(H,28,32)(H,29,33)(H,30,31). The quantitative estimate of drug-likeness (QED) is 0.523. The van der Waals surface area contributed by atoms with Gasteiger partial charge in [0, 0.05) is 11.5 Å². The first-order valence-electron chi connectivity index (χ1n) is 11.4. The number of nitrogens with one attached hydrogen (secondary N) is 2. The van der Waals surface area contributed by atoms with Crippen LogP contribution >= 0.6 is 0 Å². The van der Waals surface area contributed by atoms with Crippen molar-refractivity contribution in [2.24, 2.45) is 5.41 Å². The fraction of sp³-hybridized carbons (Fsp3) is 0.444. The van der Waals surface area contributed by atoms with Crippen molar-refractivity contribution in [2.75, 3.05) is 6.61 Å². The Morgan fingerprint density at radius 2 is 1.35 bits per heavy atom. The van der Waals surface area contributed by atoms with Gasteiger partial charge < -0.3 is 20.5 Å². The molecule has 1 aliphatic carbocycles. The van der Waals surface area contributed by atoms with Crippen molar-refractivity contribution < 1.29 is 24.2 Å². The zero-order valence-electron chi connectivity index (χ0n) is 20.7. The van der Waals surface area contributed by atoms with E-state index in [1.165, 1.54) is 0 Å². The Morgan fingerprint density at radius 3 is 1.85 bits per heavy atom. The minimum Gasteiger partial charge on any atom is -0.481 e. The molecule has 3 N–H and O–H groups in total. The maximum atomic E-state index is 13.0. The molecule has 1 aliphatic rings. The van der Waals surface area contributed by atoms with E-state index < -0.39 is 28.6 Å². The van der Waals surface area contributed by atoms with Crippen molar-refractivity contribution in [3.63, 3.8) is 0 Å². The molecule has 0 fully saturated rings. The molecule has 7 nitrogen and oxygen atoms in total. The molecule has 182 valence electrons. The molecule has 0 saturated carbocycles. The molecule has 0 aromatic heterocycles. The van der Waals surface area contributed by atoms with Crippen LogP contribution in [0.3, 0.4) is 0 Å². The Bertz CT molecular complexity index is 1060. The van der Waals surface area contributed by atoms with Crippen LogP contribution in [0.1, 0.15) is 65.0 Å². The minimum absolute atomic E-state index is 0.0608. The van der Waals surface area contributed by atoms with E-state index in [2.05, 4.69) is 34.9 Å². The lowest BCUT2D eigenvalue weighted by atomic mass is 9.73. The number of hydrogen-bond donors (Lipinski definition) is 3. The lowest BCUT2D eigenvalue weighted by molar-refractivity contribution is -0.140. The largest absolute Gasteiger partial charge is 0.481 e. The van der Waals surface area contributed by atoms with Crippen molar-refractivity contribution in [3.05, 3.63) is 59.7 Å². The minimum atomic E-state index is -1.05. The van der Waals surface area contributed by atoms with Crippen LogP contribution in [0.5, 0.6) is 0 Å². The van der Waals surface area contributed by atoms with Gasteiger partial charge in [0.1, 0.15) is 6.61 Å². The van der Waals surface area contributed by atoms with Crippen LogP contribution in [0, 0.1) is 5.41 Å². The zero-order chi connectivity index (χ0) is 25.3. The SMILES string of the molecule is CC(C)(CC(=O)O)NC(=O)C(C)(C)C(C)(C)NC(=O)OCC1c2ccccc2-c2ccccc21. The number of amides is 2. The number of carbonyl (C=O) groups is 3. The number of alkyl carbamates (subject to hydrolysis) is 1. The zero-order valence-corrected chi connectivity index (χ0v) is 20.7. The smallest absolute Gasteiger partial charge is 0.407 e. The van der Waals surface area contributed by atoms with E-state index in [0.29, 0.717) is 0 Å². The van der Waals surface area contributed by atoms with E-state index in [1.54, 1.807) is 41.5 Å². The van der Waals surface area contributed by atoms with Gasteiger partial charge in [-0.05, 0) is 63.8 Å². The lowest BCUT2D eigenvalue weighted by Gasteiger charge is -2.42. The molecule has 0 saturated heterocycles. The van der Waals surface area contributed by atoms with Crippen molar-refractivity contribution >= 4 is 18.0 Å². The number of carbonyl (C=O) groups excluding carboxylic acids is 2. The molecule has 0 atom stereocenters. The molecule has 0 radical (unpaired) electrons. The highest BCUT2D eigenvalue weighted by Gasteiger charge is 2.46. The van der Waals surface area contributed by atoms with Gasteiger partial charge >= 0.3 is 12.1 Å². The first kappa shape index (κ1) is 25.3. The second kappa shape index (κ2) is 9.12. The maximum Gasteiger partial charge on any atom is 0.407 e. The fourth-order valence-electron chi connectivity index (χ4n) is 4.22. The number of fused-ring (bicyclic) bond motifs is 3. The van der Waals surface area contributed by atoms with E-state index in [1.807, 2.05) is 24.3 Å². The lowest BCUT2D eigenvalue weighted by Crippen LogP contribution is -2.62. The molecule has 0 heterocycles. The molecular weight excluding hydrogens is 432 g/mol. The van der Waals surface area contributed by atoms with E-state index >= 15 is 0 Å². The number of carboxylic acids is 1. The molecule has 0 bridgehead atoms. The average molecular weight is 467 g/mol. The van der Waals surface area contributed by atoms with E-state index in [9.17, 15) is 14.4 Å². The van der Waals surface area contributed by atoms with Crippen molar-refractivity contribution in [1.82, 2.24) is 10.6 Å². The van der Waals surface area contributed by atoms with E-state index in [-0.39, 0.29) is 24.9 Å². The van der Waals surface area contributed by atoms with Crippen molar-refractivity contribution in [3.8, 4) is 11.1 Å². The van der Waals surface area contributed by atoms with Crippen molar-refractivity contribution in [2.45, 2.75) is 65.0 Å². The predicted octanol–water partition coefficient (Wildman–Crippen LogP) is 4.70. The third kappa shape index (κ3) is 5.08. The second-order valence-electron chi connectivity index (χ2n) is 10.6. The van der Waals surface area contributed by atoms with Crippen LogP contribution in [0.15, 0.2) is 48.5 Å². The summed E-state index contributed by atoms with van der Waals surface area (Å²) in [6.45, 7) is 10.4. The molecule has 0 aliphatic heterocycles. The van der Waals surface area contributed by atoms with Crippen LogP contribution in [0.4, 0.5) is 4.79 Å². The summed E-state index contributed by atoms with van der Waals surface area (Å²) in [6.07, 6.45) is -0.827. The van der Waals surface area contributed by atoms with Crippen LogP contribution < -0.4 is 10.6 Å². The summed E-state index contributed by atoms with van der Waals surface area (Å²) in [7, 11) is 0. The number of aliphatic carboxylic acids is 1. The molecule has 34 heavy (non-hydrogen) atoms. The maximum absolute atomic E-state index is 13.0. The summed E-state index contributed by atoms with van der Waals surface area (Å²) in [4.78, 5) is 36.9. The van der Waals surface area contributed by atoms with Gasteiger partial charge in [0.15, 0.2) is 0 Å². The Hall–Kier alpha value is -3.35. The number of ether oxygens (including phenoxy) is 1. The Balaban J connectivity index is 1.67. The van der Waals surface area contributed by atoms with Crippen LogP contribution in [0.25, 0.3) is 11.1 Å². The van der Waals surface area contributed by atoms with Crippen LogP contribution in [0.2, 0.25) is 0 Å². The predicted molar refractivity (Wildman–Crippen MR) is 131 cm³/mol. The number of benzene rings is 2. The topological polar surface area (TPSA) is 105 Å². The highest BCUT2D eigenvalue weighted by Crippen LogP contribution is 2.44. The van der Waals surface area contributed by atoms with Gasteiger partial charge in [0.25, 0.3) is 0 Å². The van der Waals surface area contributed by atoms with Gasteiger partial charge in [-0.3, -0.25) is 9.59 Å². The van der Waals surface area contributed by atoms with Gasteiger partial charge in [0.2, 0.25) is 5.91 Å². The Labute approximate surface area is 200 Å². The molecule has 2 aromatic rings. The van der Waals surface area contributed by atoms with Gasteiger partial charge in [-0.2, -0.15) is 0 Å². The molecule has 0 unspecified atom stereocenters. The monoisotopic (exact) mass is 466 g/mol. The molecule has 3 rings (SSSR count). The second-order valence-corrected chi connectivity index (χ2v) is 10.6. The van der Waals surface area contributed by atoms with E-state index in [0.717, 1.165) is 22.3 Å². The average Bonchev–Trinajstić information content (AvgIpc) is 3.04. The van der Waals surface area contributed by atoms with Crippen LogP contribution in [-0.2, 0) is 14.3 Å². The molecule has 0 spiro atoms. The molecular formula is C27H34N2O5. The summed E-state index contributed by atoms with van der Waals surface area (Å²) < 4.78 is 5.64. The Morgan fingerprint density at radius 1 is 0.853 bits per heavy atom. The number of carboxylic acid groups (broad SMARTS) is 1. The van der Waals surface area contributed by atoms with Gasteiger partial charge in [-0.25, -0.2) is 4.79 Å². The highest BCUT2D eigenvalue weighted by atomic mass is 16.5. The summed E-state index contributed by atoms with van der Waals surface area (Å²) >= 11 is 0. The van der Waals surface area contributed by atoms with Gasteiger partial charge in [-0.1, -0.05) is 48.5 Å². The normalized spacial score (nSPS) is 13.6. The summed E-state index contributed by atoms with van der Waals surface area (Å²) in [5.74, 6) is -1.42. The summed E-state index contributed by atoms with van der Waals surface area (Å²) in [5, 5.41) is 14.7.